The number of halogens is 2. The Kier molecular flexibility index (Phi) is 5.24. The lowest BCUT2D eigenvalue weighted by atomic mass is 10.2. The van der Waals surface area contributed by atoms with Crippen molar-refractivity contribution in [3.63, 3.8) is 0 Å². The van der Waals surface area contributed by atoms with E-state index < -0.39 is 10.8 Å². The van der Waals surface area contributed by atoms with Crippen molar-refractivity contribution >= 4 is 45.3 Å². The molecule has 0 saturated heterocycles. The van der Waals surface area contributed by atoms with Crippen LogP contribution in [0.2, 0.25) is 5.02 Å². The standard InChI is InChI=1S/C14H9BrClN3O3/c15-11-3-1-2-9(6-11)8-17-18-14(20)10-4-5-12(16)13(7-10)19(21)22/h1-8H,(H,18,20)/b17-8+. The van der Waals surface area contributed by atoms with E-state index in [1.807, 2.05) is 24.3 Å². The first-order valence-electron chi connectivity index (χ1n) is 6.00. The van der Waals surface area contributed by atoms with Crippen molar-refractivity contribution in [1.29, 1.82) is 0 Å². The fraction of sp³-hybridized carbons (Fsp3) is 0. The van der Waals surface area contributed by atoms with Gasteiger partial charge in [-0.2, -0.15) is 5.10 Å². The van der Waals surface area contributed by atoms with E-state index in [0.29, 0.717) is 0 Å². The van der Waals surface area contributed by atoms with Crippen molar-refractivity contribution in [3.05, 3.63) is 73.2 Å². The molecule has 0 aliphatic carbocycles. The predicted octanol–water partition coefficient (Wildman–Crippen LogP) is 3.77. The lowest BCUT2D eigenvalue weighted by molar-refractivity contribution is -0.384. The Hall–Kier alpha value is -2.25. The average Bonchev–Trinajstić information content (AvgIpc) is 2.47. The minimum Gasteiger partial charge on any atom is -0.267 e. The highest BCUT2D eigenvalue weighted by Gasteiger charge is 2.15. The lowest BCUT2D eigenvalue weighted by Crippen LogP contribution is -2.17. The number of benzene rings is 2. The summed E-state index contributed by atoms with van der Waals surface area (Å²) in [5.74, 6) is -0.564. The molecular formula is C14H9BrClN3O3. The minimum absolute atomic E-state index is 0.0285. The molecule has 0 bridgehead atoms. The summed E-state index contributed by atoms with van der Waals surface area (Å²) in [6.07, 6.45) is 1.47. The summed E-state index contributed by atoms with van der Waals surface area (Å²) in [4.78, 5) is 22.0. The van der Waals surface area contributed by atoms with Crippen LogP contribution in [0.15, 0.2) is 52.0 Å². The molecule has 1 N–H and O–H groups in total. The monoisotopic (exact) mass is 381 g/mol. The van der Waals surface area contributed by atoms with Crippen LogP contribution in [0.25, 0.3) is 0 Å². The quantitative estimate of drug-likeness (QED) is 0.496. The fourth-order valence-electron chi connectivity index (χ4n) is 1.61. The van der Waals surface area contributed by atoms with Crippen molar-refractivity contribution in [3.8, 4) is 0 Å². The molecule has 6 nitrogen and oxygen atoms in total. The zero-order valence-corrected chi connectivity index (χ0v) is 13.3. The number of amides is 1. The maximum absolute atomic E-state index is 11.9. The molecule has 0 heterocycles. The van der Waals surface area contributed by atoms with Gasteiger partial charge < -0.3 is 0 Å². The van der Waals surface area contributed by atoms with Crippen molar-refractivity contribution in [2.24, 2.45) is 5.10 Å². The van der Waals surface area contributed by atoms with Crippen LogP contribution in [-0.4, -0.2) is 17.0 Å². The molecule has 0 radical (unpaired) electrons. The number of hydrogen-bond donors (Lipinski definition) is 1. The van der Waals surface area contributed by atoms with E-state index in [4.69, 9.17) is 11.6 Å². The van der Waals surface area contributed by atoms with E-state index in [1.54, 1.807) is 0 Å². The molecule has 0 aliphatic heterocycles. The van der Waals surface area contributed by atoms with Gasteiger partial charge in [0.15, 0.2) is 0 Å². The van der Waals surface area contributed by atoms with Crippen LogP contribution in [-0.2, 0) is 0 Å². The normalized spacial score (nSPS) is 10.6. The van der Waals surface area contributed by atoms with Gasteiger partial charge in [-0.05, 0) is 29.8 Å². The summed E-state index contributed by atoms with van der Waals surface area (Å²) in [5, 5.41) is 14.6. The number of hydrogen-bond acceptors (Lipinski definition) is 4. The molecule has 0 aromatic heterocycles. The number of hydrazone groups is 1. The van der Waals surface area contributed by atoms with Gasteiger partial charge in [-0.15, -0.1) is 0 Å². The summed E-state index contributed by atoms with van der Waals surface area (Å²) in [5.41, 5.74) is 2.86. The van der Waals surface area contributed by atoms with Crippen LogP contribution < -0.4 is 5.43 Å². The predicted molar refractivity (Wildman–Crippen MR) is 87.3 cm³/mol. The van der Waals surface area contributed by atoms with E-state index in [1.165, 1.54) is 18.3 Å². The molecule has 22 heavy (non-hydrogen) atoms. The third-order valence-corrected chi connectivity index (χ3v) is 3.45. The first kappa shape index (κ1) is 16.1. The molecule has 0 saturated carbocycles. The number of nitrogens with one attached hydrogen (secondary N) is 1. The van der Waals surface area contributed by atoms with Crippen molar-refractivity contribution in [1.82, 2.24) is 5.43 Å². The Morgan fingerprint density at radius 2 is 2.09 bits per heavy atom. The van der Waals surface area contributed by atoms with Gasteiger partial charge in [0.2, 0.25) is 0 Å². The lowest BCUT2D eigenvalue weighted by Gasteiger charge is -2.01. The van der Waals surface area contributed by atoms with Crippen LogP contribution in [0, 0.1) is 10.1 Å². The largest absolute Gasteiger partial charge is 0.288 e. The third-order valence-electron chi connectivity index (χ3n) is 2.63. The molecular weight excluding hydrogens is 374 g/mol. The highest BCUT2D eigenvalue weighted by Crippen LogP contribution is 2.24. The van der Waals surface area contributed by atoms with Gasteiger partial charge in [-0.3, -0.25) is 14.9 Å². The number of nitro groups is 1. The van der Waals surface area contributed by atoms with Gasteiger partial charge in [0.05, 0.1) is 11.1 Å². The second-order valence-electron chi connectivity index (χ2n) is 4.18. The molecule has 0 fully saturated rings. The molecule has 0 atom stereocenters. The summed E-state index contributed by atoms with van der Waals surface area (Å²) in [6, 6.07) is 11.1. The molecule has 0 unspecified atom stereocenters. The zero-order valence-electron chi connectivity index (χ0n) is 11.0. The van der Waals surface area contributed by atoms with Crippen LogP contribution >= 0.6 is 27.5 Å². The highest BCUT2D eigenvalue weighted by atomic mass is 79.9. The van der Waals surface area contributed by atoms with Gasteiger partial charge in [0, 0.05) is 16.1 Å². The second-order valence-corrected chi connectivity index (χ2v) is 5.50. The summed E-state index contributed by atoms with van der Waals surface area (Å²) in [6.45, 7) is 0. The molecule has 2 aromatic carbocycles. The van der Waals surface area contributed by atoms with E-state index in [0.717, 1.165) is 16.1 Å². The maximum Gasteiger partial charge on any atom is 0.288 e. The highest BCUT2D eigenvalue weighted by molar-refractivity contribution is 9.10. The molecule has 0 spiro atoms. The molecule has 8 heteroatoms. The van der Waals surface area contributed by atoms with Crippen molar-refractivity contribution in [2.75, 3.05) is 0 Å². The molecule has 112 valence electrons. The van der Waals surface area contributed by atoms with Crippen LogP contribution in [0.4, 0.5) is 5.69 Å². The average molecular weight is 383 g/mol. The van der Waals surface area contributed by atoms with Crippen molar-refractivity contribution < 1.29 is 9.72 Å². The second kappa shape index (κ2) is 7.15. The first-order valence-corrected chi connectivity index (χ1v) is 7.17. The SMILES string of the molecule is O=C(N/N=C/c1cccc(Br)c1)c1ccc(Cl)c([N+](=O)[O-])c1. The van der Waals surface area contributed by atoms with Gasteiger partial charge in [0.1, 0.15) is 5.02 Å². The number of carbonyl (C=O) groups excluding carboxylic acids is 1. The number of nitro benzene ring substituents is 1. The Morgan fingerprint density at radius 1 is 1.32 bits per heavy atom. The first-order chi connectivity index (χ1) is 10.5. The zero-order chi connectivity index (χ0) is 16.1. The minimum atomic E-state index is -0.649. The van der Waals surface area contributed by atoms with E-state index in [-0.39, 0.29) is 16.3 Å². The molecule has 1 amide bonds. The smallest absolute Gasteiger partial charge is 0.267 e. The van der Waals surface area contributed by atoms with Gasteiger partial charge >= 0.3 is 0 Å². The summed E-state index contributed by atoms with van der Waals surface area (Å²) in [7, 11) is 0. The van der Waals surface area contributed by atoms with E-state index in [2.05, 4.69) is 26.5 Å². The number of carbonyl (C=O) groups is 1. The number of nitrogens with zero attached hydrogens (tertiary/aromatic N) is 2. The summed E-state index contributed by atoms with van der Waals surface area (Å²) >= 11 is 9.01. The Bertz CT molecular complexity index is 765. The molecule has 0 aliphatic rings. The Labute approximate surface area is 139 Å². The molecule has 2 aromatic rings. The summed E-state index contributed by atoms with van der Waals surface area (Å²) < 4.78 is 0.885. The van der Waals surface area contributed by atoms with Crippen molar-refractivity contribution in [2.45, 2.75) is 0 Å². The number of rotatable bonds is 4. The fourth-order valence-corrected chi connectivity index (χ4v) is 2.21. The third kappa shape index (κ3) is 4.12. The maximum atomic E-state index is 11.9. The van der Waals surface area contributed by atoms with Gasteiger partial charge in [-0.25, -0.2) is 5.43 Å². The Balaban J connectivity index is 2.09. The van der Waals surface area contributed by atoms with E-state index >= 15 is 0 Å². The van der Waals surface area contributed by atoms with Gasteiger partial charge in [0.25, 0.3) is 11.6 Å². The van der Waals surface area contributed by atoms with Gasteiger partial charge in [-0.1, -0.05) is 39.7 Å². The van der Waals surface area contributed by atoms with Crippen LogP contribution in [0.5, 0.6) is 0 Å². The van der Waals surface area contributed by atoms with Crippen LogP contribution in [0.3, 0.4) is 0 Å². The van der Waals surface area contributed by atoms with E-state index in [9.17, 15) is 14.9 Å². The Morgan fingerprint density at radius 3 is 2.77 bits per heavy atom. The molecule has 2 rings (SSSR count). The van der Waals surface area contributed by atoms with Crippen LogP contribution in [0.1, 0.15) is 15.9 Å². The topological polar surface area (TPSA) is 84.6 Å².